The van der Waals surface area contributed by atoms with Gasteiger partial charge in [-0.2, -0.15) is 0 Å². The Hall–Kier alpha value is -2.02. The molecule has 3 rings (SSSR count). The Labute approximate surface area is 116 Å². The van der Waals surface area contributed by atoms with Crippen LogP contribution in [0.4, 0.5) is 0 Å². The first-order chi connectivity index (χ1) is 9.67. The van der Waals surface area contributed by atoms with Crippen molar-refractivity contribution in [1.29, 1.82) is 0 Å². The van der Waals surface area contributed by atoms with E-state index in [4.69, 9.17) is 4.84 Å². The number of oxime groups is 1. The average Bonchev–Trinajstić information content (AvgIpc) is 3.09. The van der Waals surface area contributed by atoms with Gasteiger partial charge >= 0.3 is 0 Å². The van der Waals surface area contributed by atoms with Crippen LogP contribution in [0.5, 0.6) is 0 Å². The van der Waals surface area contributed by atoms with E-state index < -0.39 is 0 Å². The summed E-state index contributed by atoms with van der Waals surface area (Å²) in [5.41, 5.74) is 1.72. The topological polar surface area (TPSA) is 88.5 Å². The van der Waals surface area contributed by atoms with Crippen LogP contribution in [-0.4, -0.2) is 40.3 Å². The van der Waals surface area contributed by atoms with E-state index in [0.29, 0.717) is 18.7 Å². The summed E-state index contributed by atoms with van der Waals surface area (Å²) in [5.74, 6) is -0.198. The van der Waals surface area contributed by atoms with Gasteiger partial charge in [0.05, 0.1) is 24.1 Å². The minimum atomic E-state index is -0.309. The van der Waals surface area contributed by atoms with Crippen molar-refractivity contribution in [2.75, 3.05) is 13.1 Å². The molecule has 7 nitrogen and oxygen atoms in total. The Balaban J connectivity index is 1.54. The van der Waals surface area contributed by atoms with Gasteiger partial charge in [-0.3, -0.25) is 14.8 Å². The van der Waals surface area contributed by atoms with E-state index in [1.165, 1.54) is 0 Å². The molecule has 7 heteroatoms. The average molecular weight is 275 g/mol. The lowest BCUT2D eigenvalue weighted by molar-refractivity contribution is -0.115. The van der Waals surface area contributed by atoms with Gasteiger partial charge < -0.3 is 15.5 Å². The molecule has 1 spiro atoms. The smallest absolute Gasteiger partial charge is 0.269 e. The molecule has 2 aliphatic heterocycles. The van der Waals surface area contributed by atoms with E-state index in [2.05, 4.69) is 25.8 Å². The number of carbonyl (C=O) groups excluding carboxylic acids is 1. The summed E-state index contributed by atoms with van der Waals surface area (Å²) in [6.07, 6.45) is 4.78. The summed E-state index contributed by atoms with van der Waals surface area (Å²) in [5, 5.41) is 9.95. The Kier molecular flexibility index (Phi) is 3.35. The van der Waals surface area contributed by atoms with Crippen molar-refractivity contribution in [3.8, 4) is 0 Å². The molecule has 0 saturated carbocycles. The molecular weight excluding hydrogens is 258 g/mol. The molecule has 0 aromatic carbocycles. The maximum atomic E-state index is 12.0. The molecule has 1 unspecified atom stereocenters. The van der Waals surface area contributed by atoms with Crippen LogP contribution in [0, 0.1) is 6.92 Å². The zero-order valence-electron chi connectivity index (χ0n) is 11.3. The number of rotatable bonds is 3. The predicted octanol–water partition coefficient (Wildman–Crippen LogP) is -0.0904. The summed E-state index contributed by atoms with van der Waals surface area (Å²) in [7, 11) is 0. The Morgan fingerprint density at radius 1 is 1.50 bits per heavy atom. The second kappa shape index (κ2) is 5.16. The van der Waals surface area contributed by atoms with Crippen LogP contribution < -0.4 is 10.6 Å². The lowest BCUT2D eigenvalue weighted by atomic mass is 9.96. The summed E-state index contributed by atoms with van der Waals surface area (Å²) in [4.78, 5) is 25.8. The molecule has 20 heavy (non-hydrogen) atoms. The first kappa shape index (κ1) is 13.0. The molecular formula is C13H17N5O2. The molecule has 1 aromatic heterocycles. The van der Waals surface area contributed by atoms with Crippen LogP contribution in [0.2, 0.25) is 0 Å². The van der Waals surface area contributed by atoms with Gasteiger partial charge in [0.2, 0.25) is 0 Å². The van der Waals surface area contributed by atoms with Crippen LogP contribution in [-0.2, 0) is 16.2 Å². The van der Waals surface area contributed by atoms with Gasteiger partial charge in [-0.05, 0) is 13.5 Å². The predicted molar refractivity (Wildman–Crippen MR) is 72.0 cm³/mol. The van der Waals surface area contributed by atoms with Crippen LogP contribution in [0.15, 0.2) is 17.5 Å². The maximum Gasteiger partial charge on any atom is 0.269 e. The van der Waals surface area contributed by atoms with Crippen molar-refractivity contribution in [1.82, 2.24) is 20.6 Å². The van der Waals surface area contributed by atoms with E-state index in [9.17, 15) is 4.79 Å². The number of carbonyl (C=O) groups is 1. The summed E-state index contributed by atoms with van der Waals surface area (Å²) in [6.45, 7) is 3.87. The van der Waals surface area contributed by atoms with Crippen molar-refractivity contribution in [3.05, 3.63) is 23.8 Å². The molecule has 3 heterocycles. The molecule has 0 radical (unpaired) electrons. The van der Waals surface area contributed by atoms with Crippen LogP contribution in [0.25, 0.3) is 0 Å². The fraction of sp³-hybridized carbons (Fsp3) is 0.538. The third kappa shape index (κ3) is 2.62. The maximum absolute atomic E-state index is 12.0. The molecule has 1 fully saturated rings. The van der Waals surface area contributed by atoms with Crippen LogP contribution in [0.3, 0.4) is 0 Å². The number of nitrogens with one attached hydrogen (secondary N) is 2. The highest BCUT2D eigenvalue weighted by molar-refractivity contribution is 6.39. The number of amides is 1. The van der Waals surface area contributed by atoms with Crippen molar-refractivity contribution in [3.63, 3.8) is 0 Å². The molecule has 2 N–H and O–H groups in total. The molecule has 1 aromatic rings. The van der Waals surface area contributed by atoms with Gasteiger partial charge in [0.15, 0.2) is 5.60 Å². The van der Waals surface area contributed by atoms with Crippen molar-refractivity contribution in [2.45, 2.75) is 31.9 Å². The molecule has 2 aliphatic rings. The zero-order chi connectivity index (χ0) is 14.0. The SMILES string of the molecule is Cc1cnc(CNC(=O)C2=NOC3(CCNC3)C2)cn1. The zero-order valence-corrected chi connectivity index (χ0v) is 11.3. The number of hydrogen-bond donors (Lipinski definition) is 2. The lowest BCUT2D eigenvalue weighted by Gasteiger charge is -2.18. The highest BCUT2D eigenvalue weighted by Crippen LogP contribution is 2.29. The number of hydrogen-bond acceptors (Lipinski definition) is 6. The summed E-state index contributed by atoms with van der Waals surface area (Å²) >= 11 is 0. The van der Waals surface area contributed by atoms with Crippen molar-refractivity contribution < 1.29 is 9.63 Å². The number of nitrogens with zero attached hydrogens (tertiary/aromatic N) is 3. The van der Waals surface area contributed by atoms with Gasteiger partial charge in [0.1, 0.15) is 5.71 Å². The molecule has 1 atom stereocenters. The second-order valence-electron chi connectivity index (χ2n) is 5.25. The fourth-order valence-corrected chi connectivity index (χ4v) is 2.38. The molecule has 0 aliphatic carbocycles. The van der Waals surface area contributed by atoms with E-state index in [0.717, 1.165) is 30.9 Å². The van der Waals surface area contributed by atoms with Crippen LogP contribution in [0.1, 0.15) is 24.2 Å². The van der Waals surface area contributed by atoms with Gasteiger partial charge in [-0.1, -0.05) is 5.16 Å². The van der Waals surface area contributed by atoms with E-state index >= 15 is 0 Å². The van der Waals surface area contributed by atoms with Crippen LogP contribution >= 0.6 is 0 Å². The number of aryl methyl sites for hydroxylation is 1. The highest BCUT2D eigenvalue weighted by atomic mass is 16.7. The van der Waals surface area contributed by atoms with E-state index in [1.807, 2.05) is 6.92 Å². The highest BCUT2D eigenvalue weighted by Gasteiger charge is 2.43. The molecule has 1 saturated heterocycles. The van der Waals surface area contributed by atoms with Crippen molar-refractivity contribution in [2.24, 2.45) is 5.16 Å². The standard InChI is InChI=1S/C13H17N5O2/c1-9-5-16-10(6-15-9)7-17-12(19)11-4-13(20-18-11)2-3-14-8-13/h5-6,14H,2-4,7-8H2,1H3,(H,17,19). The monoisotopic (exact) mass is 275 g/mol. The first-order valence-electron chi connectivity index (χ1n) is 6.68. The molecule has 1 amide bonds. The third-order valence-electron chi connectivity index (χ3n) is 3.57. The minimum absolute atomic E-state index is 0.198. The summed E-state index contributed by atoms with van der Waals surface area (Å²) in [6, 6.07) is 0. The first-order valence-corrected chi connectivity index (χ1v) is 6.68. The fourth-order valence-electron chi connectivity index (χ4n) is 2.38. The third-order valence-corrected chi connectivity index (χ3v) is 3.57. The minimum Gasteiger partial charge on any atom is -0.387 e. The normalized spacial score (nSPS) is 24.6. The van der Waals surface area contributed by atoms with Gasteiger partial charge in [-0.15, -0.1) is 0 Å². The summed E-state index contributed by atoms with van der Waals surface area (Å²) < 4.78 is 0. The van der Waals surface area contributed by atoms with E-state index in [-0.39, 0.29) is 11.5 Å². The van der Waals surface area contributed by atoms with Gasteiger partial charge in [0.25, 0.3) is 5.91 Å². The molecule has 0 bridgehead atoms. The van der Waals surface area contributed by atoms with Gasteiger partial charge in [-0.25, -0.2) is 0 Å². The Morgan fingerprint density at radius 2 is 2.40 bits per heavy atom. The lowest BCUT2D eigenvalue weighted by Crippen LogP contribution is -2.36. The van der Waals surface area contributed by atoms with Crippen molar-refractivity contribution >= 4 is 11.6 Å². The Bertz CT molecular complexity index is 534. The quantitative estimate of drug-likeness (QED) is 0.805. The van der Waals surface area contributed by atoms with E-state index in [1.54, 1.807) is 12.4 Å². The Morgan fingerprint density at radius 3 is 3.10 bits per heavy atom. The largest absolute Gasteiger partial charge is 0.387 e. The van der Waals surface area contributed by atoms with Gasteiger partial charge in [0, 0.05) is 25.6 Å². The second-order valence-corrected chi connectivity index (χ2v) is 5.25. The number of aromatic nitrogens is 2. The molecule has 106 valence electrons.